The van der Waals surface area contributed by atoms with Gasteiger partial charge < -0.3 is 4.74 Å². The van der Waals surface area contributed by atoms with Crippen LogP contribution in [0.3, 0.4) is 0 Å². The number of unbranched alkanes of at least 4 members (excludes halogenated alkanes) is 2. The molecule has 0 radical (unpaired) electrons. The number of methoxy groups -OCH3 is 1. The van der Waals surface area contributed by atoms with Crippen LogP contribution in [0.25, 0.3) is 0 Å². The lowest BCUT2D eigenvalue weighted by Crippen LogP contribution is -2.39. The molecule has 2 amide bonds. The number of hydrogen-bond donors (Lipinski definition) is 0. The molecule has 0 spiro atoms. The molecule has 0 saturated carbocycles. The fourth-order valence-corrected chi connectivity index (χ4v) is 4.09. The number of fused-ring (bicyclic) bond motifs is 1. The molecule has 0 bridgehead atoms. The minimum absolute atomic E-state index is 0.0466. The maximum atomic E-state index is 13.1. The lowest BCUT2D eigenvalue weighted by atomic mass is 10.1. The number of azo groups is 1. The molecule has 252 valence electrons. The molecule has 2 rings (SSSR count). The predicted octanol–water partition coefficient (Wildman–Crippen LogP) is 10.9. The Kier molecular flexibility index (Phi) is 21.8. The number of rotatable bonds is 12. The molecule has 1 aromatic rings. The summed E-state index contributed by atoms with van der Waals surface area (Å²) in [6.07, 6.45) is 3.44. The van der Waals surface area contributed by atoms with E-state index in [1.165, 1.54) is 57.3 Å². The summed E-state index contributed by atoms with van der Waals surface area (Å²) in [5.74, 6) is -1.71. The Bertz CT molecular complexity index is 1240. The Morgan fingerprint density at radius 1 is 1.00 bits per heavy atom. The minimum atomic E-state index is -4.56. The molecule has 0 aliphatic carbocycles. The summed E-state index contributed by atoms with van der Waals surface area (Å²) in [7, 11) is 1.21. The third-order valence-corrected chi connectivity index (χ3v) is 6.34. The molecular formula is C35H52F3N3O4. The van der Waals surface area contributed by atoms with Crippen LogP contribution in [0, 0.1) is 0 Å². The second-order valence-corrected chi connectivity index (χ2v) is 9.24. The summed E-state index contributed by atoms with van der Waals surface area (Å²) in [5.41, 5.74) is -0.941. The number of allylic oxidation sites excluding steroid dienone is 5. The second-order valence-electron chi connectivity index (χ2n) is 9.24. The van der Waals surface area contributed by atoms with Crippen LogP contribution in [0.15, 0.2) is 75.8 Å². The number of carbonyl (C=O) groups excluding carboxylic acids is 3. The molecule has 0 saturated heterocycles. The van der Waals surface area contributed by atoms with Crippen molar-refractivity contribution in [3.8, 4) is 0 Å². The zero-order chi connectivity index (χ0) is 35.3. The fourth-order valence-electron chi connectivity index (χ4n) is 4.09. The maximum absolute atomic E-state index is 13.1. The highest BCUT2D eigenvalue weighted by Crippen LogP contribution is 2.34. The van der Waals surface area contributed by atoms with Crippen LogP contribution in [0.1, 0.15) is 122 Å². The Morgan fingerprint density at radius 2 is 1.56 bits per heavy atom. The number of benzene rings is 1. The van der Waals surface area contributed by atoms with Gasteiger partial charge in [0.1, 0.15) is 0 Å². The number of alkyl halides is 3. The molecule has 0 aromatic heterocycles. The van der Waals surface area contributed by atoms with Crippen molar-refractivity contribution in [3.63, 3.8) is 0 Å². The highest BCUT2D eigenvalue weighted by atomic mass is 19.4. The number of hydrogen-bond acceptors (Lipinski definition) is 6. The highest BCUT2D eigenvalue weighted by molar-refractivity contribution is 6.23. The van der Waals surface area contributed by atoms with Crippen LogP contribution >= 0.6 is 0 Å². The molecule has 1 aliphatic heterocycles. The number of ether oxygens (including phenoxy) is 1. The van der Waals surface area contributed by atoms with Gasteiger partial charge in [-0.3, -0.25) is 19.3 Å². The van der Waals surface area contributed by atoms with Crippen molar-refractivity contribution in [1.82, 2.24) is 4.90 Å². The SMILES string of the molecule is C=C(/C=C\C(=C/C)C(F)(F)F)/C(OC)=C(/N=Nc1cccc2c1C(=O)N(C(CC)CC)C2=O)C(C)=O.CC.CC.CCCCC. The van der Waals surface area contributed by atoms with Crippen LogP contribution in [-0.4, -0.2) is 41.8 Å². The molecular weight excluding hydrogens is 583 g/mol. The molecule has 0 atom stereocenters. The van der Waals surface area contributed by atoms with E-state index in [-0.39, 0.29) is 39.9 Å². The first-order chi connectivity index (χ1) is 21.3. The van der Waals surface area contributed by atoms with Gasteiger partial charge in [0.15, 0.2) is 17.2 Å². The molecule has 7 nitrogen and oxygen atoms in total. The topological polar surface area (TPSA) is 88.4 Å². The summed E-state index contributed by atoms with van der Waals surface area (Å²) in [6, 6.07) is 4.26. The van der Waals surface area contributed by atoms with Gasteiger partial charge in [-0.15, -0.1) is 10.2 Å². The number of Topliss-reactive ketones (excluding diaryl/α,β-unsaturated/α-hetero) is 1. The number of halogens is 3. The maximum Gasteiger partial charge on any atom is 0.416 e. The molecule has 0 N–H and O–H groups in total. The van der Waals surface area contributed by atoms with Gasteiger partial charge in [0, 0.05) is 18.5 Å². The van der Waals surface area contributed by atoms with Gasteiger partial charge in [-0.2, -0.15) is 13.2 Å². The Hall–Kier alpha value is -3.82. The number of ketones is 1. The average molecular weight is 636 g/mol. The van der Waals surface area contributed by atoms with E-state index in [4.69, 9.17) is 4.74 Å². The molecule has 45 heavy (non-hydrogen) atoms. The minimum Gasteiger partial charge on any atom is -0.494 e. The third kappa shape index (κ3) is 12.6. The Morgan fingerprint density at radius 3 is 1.96 bits per heavy atom. The van der Waals surface area contributed by atoms with E-state index in [0.717, 1.165) is 18.2 Å². The Labute approximate surface area is 268 Å². The highest BCUT2D eigenvalue weighted by Gasteiger charge is 2.40. The molecule has 1 aromatic carbocycles. The molecule has 1 aliphatic rings. The summed E-state index contributed by atoms with van der Waals surface area (Å²) in [4.78, 5) is 39.5. The van der Waals surface area contributed by atoms with E-state index >= 15 is 0 Å². The van der Waals surface area contributed by atoms with Gasteiger partial charge in [-0.05, 0) is 38.0 Å². The average Bonchev–Trinajstić information content (AvgIpc) is 3.28. The number of carbonyl (C=O) groups is 3. The second kappa shape index (κ2) is 22.7. The van der Waals surface area contributed by atoms with Gasteiger partial charge >= 0.3 is 6.18 Å². The lowest BCUT2D eigenvalue weighted by Gasteiger charge is -2.23. The van der Waals surface area contributed by atoms with Gasteiger partial charge in [0.05, 0.1) is 29.5 Å². The van der Waals surface area contributed by atoms with Crippen LogP contribution in [0.2, 0.25) is 0 Å². The van der Waals surface area contributed by atoms with Gasteiger partial charge in [0.2, 0.25) is 0 Å². The van der Waals surface area contributed by atoms with Crippen LogP contribution in [-0.2, 0) is 9.53 Å². The summed E-state index contributed by atoms with van der Waals surface area (Å²) < 4.78 is 44.2. The summed E-state index contributed by atoms with van der Waals surface area (Å²) >= 11 is 0. The van der Waals surface area contributed by atoms with Crippen molar-refractivity contribution in [2.24, 2.45) is 10.2 Å². The van der Waals surface area contributed by atoms with Crippen molar-refractivity contribution < 1.29 is 32.3 Å². The quantitative estimate of drug-likeness (QED) is 0.0751. The van der Waals surface area contributed by atoms with E-state index in [1.54, 1.807) is 6.07 Å². The van der Waals surface area contributed by atoms with Gasteiger partial charge in [-0.1, -0.05) is 99.4 Å². The third-order valence-electron chi connectivity index (χ3n) is 6.34. The molecule has 10 heteroatoms. The summed E-state index contributed by atoms with van der Waals surface area (Å²) in [6.45, 7) is 22.3. The van der Waals surface area contributed by atoms with E-state index in [1.807, 2.05) is 41.5 Å². The number of amides is 2. The number of imide groups is 1. The standard InChI is InChI=1S/C26H28F3N3O4.C5H12.2C2H6/c1-7-17(26(27,28)29)14-13-15(4)23(36-6)22(16(5)33)31-30-20-12-10-11-19-21(20)25(35)32(24(19)34)18(8-2)9-3;1-3-5-4-2;2*1-2/h7,10-14,18H,4,8-9H2,1-3,5-6H3;3-5H2,1-2H3;2*1-2H3/b14-13-,17-7+,23-22-,31-30?;;;. The molecule has 0 unspecified atom stereocenters. The smallest absolute Gasteiger partial charge is 0.416 e. The van der Waals surface area contributed by atoms with E-state index in [2.05, 4.69) is 30.7 Å². The summed E-state index contributed by atoms with van der Waals surface area (Å²) in [5, 5.41) is 7.99. The largest absolute Gasteiger partial charge is 0.494 e. The van der Waals surface area contributed by atoms with Crippen LogP contribution in [0.5, 0.6) is 0 Å². The van der Waals surface area contributed by atoms with Crippen molar-refractivity contribution >= 4 is 23.3 Å². The molecule has 0 fully saturated rings. The van der Waals surface area contributed by atoms with Gasteiger partial charge in [0.25, 0.3) is 11.8 Å². The normalized spacial score (nSPS) is 13.4. The fraction of sp³-hybridized carbons (Fsp3) is 0.514. The van der Waals surface area contributed by atoms with Crippen LogP contribution < -0.4 is 0 Å². The Balaban J connectivity index is 0. The van der Waals surface area contributed by atoms with E-state index in [0.29, 0.717) is 12.8 Å². The number of nitrogens with zero attached hydrogens (tertiary/aromatic N) is 3. The van der Waals surface area contributed by atoms with Crippen molar-refractivity contribution in [1.29, 1.82) is 0 Å². The van der Waals surface area contributed by atoms with Crippen molar-refractivity contribution in [2.75, 3.05) is 7.11 Å². The zero-order valence-corrected chi connectivity index (χ0v) is 28.9. The van der Waals surface area contributed by atoms with Crippen LogP contribution in [0.4, 0.5) is 18.9 Å². The van der Waals surface area contributed by atoms with Crippen molar-refractivity contribution in [2.45, 2.75) is 114 Å². The first kappa shape index (κ1) is 43.3. The zero-order valence-electron chi connectivity index (χ0n) is 28.9. The first-order valence-corrected chi connectivity index (χ1v) is 15.7. The van der Waals surface area contributed by atoms with E-state index in [9.17, 15) is 27.6 Å². The monoisotopic (exact) mass is 635 g/mol. The van der Waals surface area contributed by atoms with Crippen molar-refractivity contribution in [3.05, 3.63) is 76.7 Å². The van der Waals surface area contributed by atoms with Gasteiger partial charge in [-0.25, -0.2) is 0 Å². The predicted molar refractivity (Wildman–Crippen MR) is 177 cm³/mol. The van der Waals surface area contributed by atoms with E-state index < -0.39 is 29.3 Å². The first-order valence-electron chi connectivity index (χ1n) is 15.7. The lowest BCUT2D eigenvalue weighted by molar-refractivity contribution is -0.113. The molecule has 1 heterocycles.